The number of rotatable bonds is 4. The molecule has 6 heteroatoms. The van der Waals surface area contributed by atoms with E-state index in [4.69, 9.17) is 0 Å². The minimum absolute atomic E-state index is 0.0124. The Bertz CT molecular complexity index is 935. The summed E-state index contributed by atoms with van der Waals surface area (Å²) >= 11 is 0. The van der Waals surface area contributed by atoms with E-state index in [1.807, 2.05) is 19.1 Å². The predicted molar refractivity (Wildman–Crippen MR) is 95.2 cm³/mol. The molecule has 2 aromatic carbocycles. The van der Waals surface area contributed by atoms with Crippen molar-refractivity contribution in [2.45, 2.75) is 31.8 Å². The van der Waals surface area contributed by atoms with E-state index in [1.54, 1.807) is 23.0 Å². The number of aryl methyl sites for hydroxylation is 1. The minimum atomic E-state index is -0.281. The van der Waals surface area contributed by atoms with Gasteiger partial charge in [0.05, 0.1) is 18.3 Å². The molecule has 0 aliphatic heterocycles. The van der Waals surface area contributed by atoms with Gasteiger partial charge in [0.15, 0.2) is 5.69 Å². The molecule has 1 heterocycles. The van der Waals surface area contributed by atoms with Crippen LogP contribution in [0.15, 0.2) is 54.7 Å². The molecule has 1 aliphatic rings. The summed E-state index contributed by atoms with van der Waals surface area (Å²) in [6.07, 6.45) is 3.49. The molecule has 3 aromatic rings. The maximum Gasteiger partial charge on any atom is 0.273 e. The summed E-state index contributed by atoms with van der Waals surface area (Å²) in [5, 5.41) is 11.1. The lowest BCUT2D eigenvalue weighted by Crippen LogP contribution is -2.27. The summed E-state index contributed by atoms with van der Waals surface area (Å²) in [4.78, 5) is 12.6. The Morgan fingerprint density at radius 1 is 1.23 bits per heavy atom. The highest BCUT2D eigenvalue weighted by atomic mass is 19.1. The number of halogens is 1. The van der Waals surface area contributed by atoms with Gasteiger partial charge in [-0.2, -0.15) is 0 Å². The first kappa shape index (κ1) is 16.4. The van der Waals surface area contributed by atoms with Gasteiger partial charge in [-0.05, 0) is 48.6 Å². The Hall–Kier alpha value is -3.02. The van der Waals surface area contributed by atoms with Crippen LogP contribution in [-0.2, 0) is 6.42 Å². The molecule has 2 atom stereocenters. The largest absolute Gasteiger partial charge is 0.344 e. The lowest BCUT2D eigenvalue weighted by molar-refractivity contribution is 0.0931. The number of nitrogens with one attached hydrogen (secondary N) is 1. The first-order valence-corrected chi connectivity index (χ1v) is 8.68. The zero-order chi connectivity index (χ0) is 18.1. The van der Waals surface area contributed by atoms with Gasteiger partial charge < -0.3 is 5.32 Å². The second kappa shape index (κ2) is 6.71. The monoisotopic (exact) mass is 350 g/mol. The number of hydrogen-bond acceptors (Lipinski definition) is 3. The molecule has 5 nitrogen and oxygen atoms in total. The van der Waals surface area contributed by atoms with Crippen LogP contribution in [0.2, 0.25) is 0 Å². The van der Waals surface area contributed by atoms with E-state index >= 15 is 0 Å². The van der Waals surface area contributed by atoms with E-state index < -0.39 is 0 Å². The molecule has 0 bridgehead atoms. The number of nitrogens with zero attached hydrogens (tertiary/aromatic N) is 3. The highest BCUT2D eigenvalue weighted by Crippen LogP contribution is 2.30. The van der Waals surface area contributed by atoms with Gasteiger partial charge in [0.2, 0.25) is 0 Å². The molecule has 0 saturated heterocycles. The Morgan fingerprint density at radius 3 is 2.81 bits per heavy atom. The van der Waals surface area contributed by atoms with E-state index in [1.165, 1.54) is 23.3 Å². The topological polar surface area (TPSA) is 59.8 Å². The average Bonchev–Trinajstić information content (AvgIpc) is 3.30. The maximum atomic E-state index is 13.1. The Morgan fingerprint density at radius 2 is 2.00 bits per heavy atom. The van der Waals surface area contributed by atoms with Crippen LogP contribution >= 0.6 is 0 Å². The van der Waals surface area contributed by atoms with Crippen LogP contribution in [0.3, 0.4) is 0 Å². The summed E-state index contributed by atoms with van der Waals surface area (Å²) in [7, 11) is 0. The van der Waals surface area contributed by atoms with Gasteiger partial charge in [-0.3, -0.25) is 4.79 Å². The van der Waals surface area contributed by atoms with Crippen molar-refractivity contribution < 1.29 is 9.18 Å². The van der Waals surface area contributed by atoms with E-state index in [9.17, 15) is 9.18 Å². The molecule has 132 valence electrons. The molecule has 1 aliphatic carbocycles. The van der Waals surface area contributed by atoms with Gasteiger partial charge in [0.25, 0.3) is 5.91 Å². The molecule has 0 spiro atoms. The minimum Gasteiger partial charge on any atom is -0.344 e. The van der Waals surface area contributed by atoms with Crippen molar-refractivity contribution in [1.29, 1.82) is 0 Å². The molecular weight excluding hydrogens is 331 g/mol. The van der Waals surface area contributed by atoms with Gasteiger partial charge >= 0.3 is 0 Å². The van der Waals surface area contributed by atoms with Crippen LogP contribution in [0.25, 0.3) is 0 Å². The number of amides is 1. The van der Waals surface area contributed by atoms with Crippen LogP contribution in [0.4, 0.5) is 4.39 Å². The van der Waals surface area contributed by atoms with Gasteiger partial charge in [0, 0.05) is 0 Å². The third kappa shape index (κ3) is 3.10. The highest BCUT2D eigenvalue weighted by molar-refractivity contribution is 5.92. The third-order valence-corrected chi connectivity index (χ3v) is 4.93. The van der Waals surface area contributed by atoms with E-state index in [0.29, 0.717) is 0 Å². The van der Waals surface area contributed by atoms with E-state index in [2.05, 4.69) is 27.8 Å². The Kier molecular flexibility index (Phi) is 4.24. The molecule has 26 heavy (non-hydrogen) atoms. The first-order valence-electron chi connectivity index (χ1n) is 8.68. The normalized spacial score (nSPS) is 16.9. The van der Waals surface area contributed by atoms with Crippen molar-refractivity contribution in [2.75, 3.05) is 0 Å². The second-order valence-electron chi connectivity index (χ2n) is 6.57. The van der Waals surface area contributed by atoms with Crippen LogP contribution in [-0.4, -0.2) is 20.9 Å². The van der Waals surface area contributed by atoms with Gasteiger partial charge in [0.1, 0.15) is 5.82 Å². The van der Waals surface area contributed by atoms with E-state index in [-0.39, 0.29) is 29.5 Å². The summed E-state index contributed by atoms with van der Waals surface area (Å²) in [6, 6.07) is 14.3. The third-order valence-electron chi connectivity index (χ3n) is 4.93. The summed E-state index contributed by atoms with van der Waals surface area (Å²) < 4.78 is 14.7. The number of hydrogen-bond donors (Lipinski definition) is 1. The second-order valence-corrected chi connectivity index (χ2v) is 6.57. The van der Waals surface area contributed by atoms with Gasteiger partial charge in [-0.15, -0.1) is 5.10 Å². The SMILES string of the molecule is CC(c1ccc(F)cc1)n1cc(C(=O)NC2CCc3ccccc32)nn1. The number of carbonyl (C=O) groups excluding carboxylic acids is 1. The molecule has 0 fully saturated rings. The standard InChI is InChI=1S/C20H19FN4O/c1-13(14-6-9-16(21)10-7-14)25-12-19(23-24-25)20(26)22-18-11-8-15-4-2-3-5-17(15)18/h2-7,9-10,12-13,18H,8,11H2,1H3,(H,22,26). The molecule has 1 amide bonds. The smallest absolute Gasteiger partial charge is 0.273 e. The molecule has 1 aromatic heterocycles. The van der Waals surface area contributed by atoms with Crippen molar-refractivity contribution in [3.8, 4) is 0 Å². The predicted octanol–water partition coefficient (Wildman–Crippen LogP) is 3.44. The Balaban J connectivity index is 1.48. The molecule has 0 saturated carbocycles. The fourth-order valence-electron chi connectivity index (χ4n) is 3.40. The Labute approximate surface area is 150 Å². The average molecular weight is 350 g/mol. The van der Waals surface area contributed by atoms with Crippen molar-refractivity contribution in [3.63, 3.8) is 0 Å². The number of aromatic nitrogens is 3. The fraction of sp³-hybridized carbons (Fsp3) is 0.250. The van der Waals surface area contributed by atoms with E-state index in [0.717, 1.165) is 18.4 Å². The van der Waals surface area contributed by atoms with Crippen molar-refractivity contribution in [1.82, 2.24) is 20.3 Å². The van der Waals surface area contributed by atoms with Crippen LogP contribution in [0.1, 0.15) is 52.6 Å². The molecular formula is C20H19FN4O. The zero-order valence-corrected chi connectivity index (χ0v) is 14.4. The lowest BCUT2D eigenvalue weighted by atomic mass is 10.1. The van der Waals surface area contributed by atoms with Crippen LogP contribution in [0, 0.1) is 5.82 Å². The van der Waals surface area contributed by atoms with Crippen molar-refractivity contribution in [2.24, 2.45) is 0 Å². The highest BCUT2D eigenvalue weighted by Gasteiger charge is 2.25. The van der Waals surface area contributed by atoms with Gasteiger partial charge in [-0.25, -0.2) is 9.07 Å². The quantitative estimate of drug-likeness (QED) is 0.784. The van der Waals surface area contributed by atoms with Gasteiger partial charge in [-0.1, -0.05) is 41.6 Å². The van der Waals surface area contributed by atoms with Crippen molar-refractivity contribution in [3.05, 3.63) is 82.9 Å². The molecule has 1 N–H and O–H groups in total. The van der Waals surface area contributed by atoms with Crippen LogP contribution in [0.5, 0.6) is 0 Å². The van der Waals surface area contributed by atoms with Crippen LogP contribution < -0.4 is 5.32 Å². The number of benzene rings is 2. The molecule has 0 radical (unpaired) electrons. The zero-order valence-electron chi connectivity index (χ0n) is 14.4. The molecule has 4 rings (SSSR count). The van der Waals surface area contributed by atoms with Crippen molar-refractivity contribution >= 4 is 5.91 Å². The number of carbonyl (C=O) groups is 1. The first-order chi connectivity index (χ1) is 12.6. The molecule has 2 unspecified atom stereocenters. The fourth-order valence-corrected chi connectivity index (χ4v) is 3.40. The maximum absolute atomic E-state index is 13.1. The summed E-state index contributed by atoms with van der Waals surface area (Å²) in [6.45, 7) is 1.93. The summed E-state index contributed by atoms with van der Waals surface area (Å²) in [5.74, 6) is -0.513. The summed E-state index contributed by atoms with van der Waals surface area (Å²) in [5.41, 5.74) is 3.63. The number of fused-ring (bicyclic) bond motifs is 1. The lowest BCUT2D eigenvalue weighted by Gasteiger charge is -2.13.